The summed E-state index contributed by atoms with van der Waals surface area (Å²) in [6.45, 7) is 6.09. The zero-order valence-electron chi connectivity index (χ0n) is 20.2. The minimum Gasteiger partial charge on any atom is -0.486 e. The highest BCUT2D eigenvalue weighted by Gasteiger charge is 2.43. The van der Waals surface area contributed by atoms with Gasteiger partial charge < -0.3 is 20.3 Å². The van der Waals surface area contributed by atoms with Crippen molar-refractivity contribution < 1.29 is 18.3 Å². The van der Waals surface area contributed by atoms with Crippen LogP contribution < -0.4 is 20.9 Å². The molecule has 0 aliphatic carbocycles. The van der Waals surface area contributed by atoms with E-state index in [-0.39, 0.29) is 35.5 Å². The highest BCUT2D eigenvalue weighted by Crippen LogP contribution is 2.44. The molecule has 8 nitrogen and oxygen atoms in total. The molecule has 35 heavy (non-hydrogen) atoms. The number of hydrogen-bond donors (Lipinski definition) is 2. The third kappa shape index (κ3) is 3.75. The number of aromatic nitrogens is 1. The number of likely N-dealkylation sites (tertiary alicyclic amines) is 1. The monoisotopic (exact) mass is 485 g/mol. The Morgan fingerprint density at radius 3 is 2.80 bits per heavy atom. The number of carbonyl (C=O) groups excluding carboxylic acids is 1. The molecule has 3 aliphatic rings. The average Bonchev–Trinajstić information content (AvgIpc) is 3.37. The Balaban J connectivity index is 1.50. The number of alkyl halides is 2. The molecule has 2 aromatic rings. The van der Waals surface area contributed by atoms with Crippen LogP contribution in [0.1, 0.15) is 55.5 Å². The third-order valence-electron chi connectivity index (χ3n) is 7.38. The number of benzene rings is 1. The number of nitrogens with zero attached hydrogens (tertiary/aromatic N) is 3. The molecule has 0 unspecified atom stereocenters. The number of carbonyl (C=O) groups is 1. The van der Waals surface area contributed by atoms with E-state index in [1.54, 1.807) is 28.6 Å². The molecule has 5 rings (SSSR count). The third-order valence-corrected chi connectivity index (χ3v) is 7.38. The Bertz CT molecular complexity index is 1300. The van der Waals surface area contributed by atoms with E-state index in [0.717, 1.165) is 5.56 Å². The topological polar surface area (TPSA) is 88.0 Å². The van der Waals surface area contributed by atoms with Crippen molar-refractivity contribution in [1.29, 1.82) is 0 Å². The highest BCUT2D eigenvalue weighted by molar-refractivity contribution is 6.04. The summed E-state index contributed by atoms with van der Waals surface area (Å²) < 4.78 is 35.3. The van der Waals surface area contributed by atoms with Gasteiger partial charge >= 0.3 is 5.92 Å². The molecule has 1 amide bonds. The Labute approximate surface area is 202 Å². The summed E-state index contributed by atoms with van der Waals surface area (Å²) in [5.74, 6) is -1.62. The first-order valence-corrected chi connectivity index (χ1v) is 11.7. The van der Waals surface area contributed by atoms with Gasteiger partial charge in [-0.25, -0.2) is 4.99 Å². The maximum Gasteiger partial charge on any atom is 0.310 e. The number of para-hydroxylation sites is 1. The Morgan fingerprint density at radius 2 is 2.09 bits per heavy atom. The van der Waals surface area contributed by atoms with E-state index < -0.39 is 17.9 Å². The summed E-state index contributed by atoms with van der Waals surface area (Å²) in [5.41, 5.74) is 1.26. The van der Waals surface area contributed by atoms with E-state index >= 15 is 0 Å². The minimum absolute atomic E-state index is 0.00823. The lowest BCUT2D eigenvalue weighted by Gasteiger charge is -2.29. The van der Waals surface area contributed by atoms with Crippen LogP contribution in [0, 0.1) is 0 Å². The van der Waals surface area contributed by atoms with E-state index in [9.17, 15) is 18.4 Å². The van der Waals surface area contributed by atoms with Crippen LogP contribution in [-0.4, -0.2) is 47.6 Å². The number of anilines is 1. The van der Waals surface area contributed by atoms with Crippen LogP contribution in [0.4, 0.5) is 14.6 Å². The van der Waals surface area contributed by atoms with Crippen LogP contribution in [0.2, 0.25) is 0 Å². The van der Waals surface area contributed by atoms with E-state index in [1.807, 2.05) is 19.9 Å². The lowest BCUT2D eigenvalue weighted by atomic mass is 9.81. The molecule has 1 aromatic heterocycles. The highest BCUT2D eigenvalue weighted by atomic mass is 19.3. The van der Waals surface area contributed by atoms with Crippen LogP contribution in [0.25, 0.3) is 0 Å². The molecule has 0 saturated carbocycles. The fourth-order valence-corrected chi connectivity index (χ4v) is 5.28. The predicted molar refractivity (Wildman–Crippen MR) is 128 cm³/mol. The van der Waals surface area contributed by atoms with E-state index in [0.29, 0.717) is 42.3 Å². The van der Waals surface area contributed by atoms with Crippen molar-refractivity contribution in [2.75, 3.05) is 31.7 Å². The quantitative estimate of drug-likeness (QED) is 0.698. The number of amides is 1. The molecule has 10 heteroatoms. The molecule has 1 fully saturated rings. The fourth-order valence-electron chi connectivity index (χ4n) is 5.28. The van der Waals surface area contributed by atoms with Gasteiger partial charge in [0.25, 0.3) is 5.56 Å². The van der Waals surface area contributed by atoms with Gasteiger partial charge in [0, 0.05) is 43.6 Å². The molecule has 3 aliphatic heterocycles. The first kappa shape index (κ1) is 23.3. The number of ether oxygens (including phenoxy) is 1. The van der Waals surface area contributed by atoms with Gasteiger partial charge in [-0.15, -0.1) is 0 Å². The van der Waals surface area contributed by atoms with Crippen molar-refractivity contribution in [2.24, 2.45) is 12.0 Å². The fraction of sp³-hybridized carbons (Fsp3) is 0.480. The zero-order valence-corrected chi connectivity index (χ0v) is 20.2. The number of halogens is 2. The molecule has 0 spiro atoms. The van der Waals surface area contributed by atoms with Gasteiger partial charge in [-0.1, -0.05) is 19.1 Å². The van der Waals surface area contributed by atoms with Gasteiger partial charge in [0.1, 0.15) is 24.1 Å². The van der Waals surface area contributed by atoms with Crippen LogP contribution in [-0.2, 0) is 23.2 Å². The SMILES string of the molecule is CC(=O)N1CC[C@](C)(c2cc3c(n(C)c2=O)NCN=C3N[C@H](C)c2cccc3c2OCC3(F)F)C1. The predicted octanol–water partition coefficient (Wildman–Crippen LogP) is 2.86. The first-order valence-electron chi connectivity index (χ1n) is 11.7. The second-order valence-electron chi connectivity index (χ2n) is 9.86. The molecule has 1 saturated heterocycles. The van der Waals surface area contributed by atoms with Crippen molar-refractivity contribution in [3.05, 3.63) is 56.9 Å². The van der Waals surface area contributed by atoms with Gasteiger partial charge in [0.15, 0.2) is 6.61 Å². The Morgan fingerprint density at radius 1 is 1.31 bits per heavy atom. The smallest absolute Gasteiger partial charge is 0.310 e. The molecule has 186 valence electrons. The molecule has 4 heterocycles. The molecule has 1 aromatic carbocycles. The van der Waals surface area contributed by atoms with Crippen molar-refractivity contribution in [1.82, 2.24) is 14.8 Å². The number of hydrogen-bond acceptors (Lipinski definition) is 6. The summed E-state index contributed by atoms with van der Waals surface area (Å²) in [4.78, 5) is 31.6. The minimum atomic E-state index is -3.01. The largest absolute Gasteiger partial charge is 0.486 e. The standard InChI is InChI=1S/C25H29F2N5O3/c1-14(16-6-5-7-18-20(16)35-12-25(18,26)27)30-21-17-10-19(23(34)31(4)22(17)29-13-28-21)24(3)8-9-32(11-24)15(2)33/h5-7,10,14,29H,8-9,11-13H2,1-4H3,(H,28,30)/t14-,24+/m1/s1. The van der Waals surface area contributed by atoms with Gasteiger partial charge in [0.2, 0.25) is 5.91 Å². The molecule has 0 bridgehead atoms. The summed E-state index contributed by atoms with van der Waals surface area (Å²) in [5, 5.41) is 6.53. The summed E-state index contributed by atoms with van der Waals surface area (Å²) in [6.07, 6.45) is 0.687. The van der Waals surface area contributed by atoms with E-state index in [1.165, 1.54) is 13.0 Å². The van der Waals surface area contributed by atoms with Crippen LogP contribution in [0.15, 0.2) is 34.1 Å². The maximum atomic E-state index is 14.2. The molecular weight excluding hydrogens is 456 g/mol. The van der Waals surface area contributed by atoms with Crippen molar-refractivity contribution >= 4 is 17.6 Å². The number of pyridine rings is 1. The van der Waals surface area contributed by atoms with Crippen LogP contribution in [0.3, 0.4) is 0 Å². The van der Waals surface area contributed by atoms with Crippen molar-refractivity contribution in [2.45, 2.75) is 44.6 Å². The van der Waals surface area contributed by atoms with Crippen molar-refractivity contribution in [3.63, 3.8) is 0 Å². The number of nitrogens with one attached hydrogen (secondary N) is 2. The number of aliphatic imine (C=N–C) groups is 1. The lowest BCUT2D eigenvalue weighted by molar-refractivity contribution is -0.127. The van der Waals surface area contributed by atoms with Gasteiger partial charge in [0.05, 0.1) is 17.2 Å². The Kier molecular flexibility index (Phi) is 5.37. The molecule has 2 N–H and O–H groups in total. The lowest BCUT2D eigenvalue weighted by Crippen LogP contribution is -2.40. The van der Waals surface area contributed by atoms with E-state index in [2.05, 4.69) is 15.6 Å². The number of amidine groups is 1. The first-order chi connectivity index (χ1) is 16.5. The second-order valence-corrected chi connectivity index (χ2v) is 9.86. The second kappa shape index (κ2) is 8.07. The summed E-state index contributed by atoms with van der Waals surface area (Å²) >= 11 is 0. The van der Waals surface area contributed by atoms with Gasteiger partial charge in [-0.2, -0.15) is 8.78 Å². The Hall–Kier alpha value is -3.43. The maximum absolute atomic E-state index is 14.2. The summed E-state index contributed by atoms with van der Waals surface area (Å²) in [6, 6.07) is 6.25. The van der Waals surface area contributed by atoms with Crippen molar-refractivity contribution in [3.8, 4) is 5.75 Å². The van der Waals surface area contributed by atoms with Crippen LogP contribution in [0.5, 0.6) is 5.75 Å². The van der Waals surface area contributed by atoms with E-state index in [4.69, 9.17) is 4.74 Å². The molecular formula is C25H29F2N5O3. The number of rotatable bonds is 3. The average molecular weight is 486 g/mol. The van der Waals surface area contributed by atoms with Gasteiger partial charge in [-0.05, 0) is 25.5 Å². The molecule has 0 radical (unpaired) electrons. The summed E-state index contributed by atoms with van der Waals surface area (Å²) in [7, 11) is 1.71. The normalized spacial score (nSPS) is 23.0. The van der Waals surface area contributed by atoms with Crippen LogP contribution >= 0.6 is 0 Å². The number of fused-ring (bicyclic) bond motifs is 2. The molecule has 2 atom stereocenters. The van der Waals surface area contributed by atoms with Gasteiger partial charge in [-0.3, -0.25) is 14.2 Å². The zero-order chi connectivity index (χ0) is 25.1.